The van der Waals surface area contributed by atoms with Crippen molar-refractivity contribution in [2.45, 2.75) is 5.92 Å². The van der Waals surface area contributed by atoms with E-state index in [0.717, 1.165) is 44.5 Å². The van der Waals surface area contributed by atoms with E-state index in [0.29, 0.717) is 5.82 Å². The van der Waals surface area contributed by atoms with Gasteiger partial charge in [-0.3, -0.25) is 0 Å². The fraction of sp³-hybridized carbons (Fsp3) is 0.357. The quantitative estimate of drug-likeness (QED) is 0.854. The van der Waals surface area contributed by atoms with E-state index < -0.39 is 11.6 Å². The second kappa shape index (κ2) is 6.51. The van der Waals surface area contributed by atoms with E-state index in [9.17, 15) is 8.78 Å². The summed E-state index contributed by atoms with van der Waals surface area (Å²) in [5.41, 5.74) is -0.832. The number of pyridine rings is 1. The molecule has 0 spiro atoms. The zero-order valence-corrected chi connectivity index (χ0v) is 13.5. The summed E-state index contributed by atoms with van der Waals surface area (Å²) < 4.78 is 29.1. The Bertz CT molecular complexity index is 670. The van der Waals surface area contributed by atoms with E-state index >= 15 is 0 Å². The van der Waals surface area contributed by atoms with Crippen LogP contribution in [0.2, 0.25) is 10.3 Å². The van der Waals surface area contributed by atoms with Crippen LogP contribution in [0.5, 0.6) is 0 Å². The van der Waals surface area contributed by atoms with Gasteiger partial charge < -0.3 is 10.2 Å². The van der Waals surface area contributed by atoms with Crippen LogP contribution in [0.1, 0.15) is 11.3 Å². The van der Waals surface area contributed by atoms with Crippen LogP contribution in [-0.4, -0.2) is 41.1 Å². The van der Waals surface area contributed by atoms with Gasteiger partial charge in [-0.05, 0) is 12.1 Å². The maximum absolute atomic E-state index is 14.6. The van der Waals surface area contributed by atoms with Gasteiger partial charge in [0.05, 0.1) is 12.4 Å². The number of nitrogens with zero attached hydrogens (tertiary/aromatic N) is 4. The van der Waals surface area contributed by atoms with Crippen molar-refractivity contribution in [3.63, 3.8) is 0 Å². The normalized spacial score (nSPS) is 15.7. The zero-order chi connectivity index (χ0) is 16.4. The molecule has 0 unspecified atom stereocenters. The molecule has 9 heteroatoms. The molecular weight excluding hydrogens is 347 g/mol. The molecule has 23 heavy (non-hydrogen) atoms. The van der Waals surface area contributed by atoms with Gasteiger partial charge in [0.15, 0.2) is 0 Å². The van der Waals surface area contributed by atoms with Gasteiger partial charge >= 0.3 is 5.92 Å². The highest BCUT2D eigenvalue weighted by molar-refractivity contribution is 6.32. The van der Waals surface area contributed by atoms with Crippen LogP contribution in [-0.2, 0) is 5.92 Å². The van der Waals surface area contributed by atoms with Gasteiger partial charge in [-0.2, -0.15) is 8.78 Å². The van der Waals surface area contributed by atoms with E-state index in [1.807, 2.05) is 4.90 Å². The van der Waals surface area contributed by atoms with Gasteiger partial charge in [0.1, 0.15) is 21.8 Å². The smallest absolute Gasteiger partial charge is 0.316 e. The van der Waals surface area contributed by atoms with Crippen LogP contribution in [0, 0.1) is 0 Å². The molecule has 0 aromatic carbocycles. The summed E-state index contributed by atoms with van der Waals surface area (Å²) in [5, 5.41) is 3.01. The summed E-state index contributed by atoms with van der Waals surface area (Å²) in [6, 6.07) is 2.14. The summed E-state index contributed by atoms with van der Waals surface area (Å²) in [6.07, 6.45) is 2.44. The minimum absolute atomic E-state index is 0.0995. The predicted molar refractivity (Wildman–Crippen MR) is 84.4 cm³/mol. The van der Waals surface area contributed by atoms with E-state index in [1.165, 1.54) is 6.20 Å². The predicted octanol–water partition coefficient (Wildman–Crippen LogP) is 2.73. The Balaban J connectivity index is 1.87. The molecule has 1 fully saturated rings. The molecule has 1 N–H and O–H groups in total. The van der Waals surface area contributed by atoms with Crippen molar-refractivity contribution < 1.29 is 8.78 Å². The molecule has 5 nitrogen and oxygen atoms in total. The molecule has 1 saturated heterocycles. The van der Waals surface area contributed by atoms with Gasteiger partial charge in [0, 0.05) is 31.7 Å². The zero-order valence-electron chi connectivity index (χ0n) is 11.9. The van der Waals surface area contributed by atoms with Crippen LogP contribution in [0.3, 0.4) is 0 Å². The van der Waals surface area contributed by atoms with Crippen molar-refractivity contribution in [1.29, 1.82) is 0 Å². The SMILES string of the molecule is FC(F)(c1cc(Cl)nc(Cl)c1)c1cnc(N2CCNCC2)cn1. The van der Waals surface area contributed by atoms with Crippen molar-refractivity contribution in [1.82, 2.24) is 20.3 Å². The molecule has 0 bridgehead atoms. The minimum atomic E-state index is -3.36. The van der Waals surface area contributed by atoms with Crippen LogP contribution in [0.4, 0.5) is 14.6 Å². The van der Waals surface area contributed by atoms with Crippen molar-refractivity contribution in [2.75, 3.05) is 31.1 Å². The molecular formula is C14H13Cl2F2N5. The summed E-state index contributed by atoms with van der Waals surface area (Å²) in [7, 11) is 0. The van der Waals surface area contributed by atoms with Crippen molar-refractivity contribution >= 4 is 29.0 Å². The second-order valence-corrected chi connectivity index (χ2v) is 5.85. The van der Waals surface area contributed by atoms with E-state index in [2.05, 4.69) is 20.3 Å². The molecule has 3 heterocycles. The lowest BCUT2D eigenvalue weighted by Crippen LogP contribution is -2.44. The maximum atomic E-state index is 14.6. The first-order chi connectivity index (χ1) is 11.0. The number of halogens is 4. The largest absolute Gasteiger partial charge is 0.353 e. The second-order valence-electron chi connectivity index (χ2n) is 5.07. The number of aromatic nitrogens is 3. The Morgan fingerprint density at radius 3 is 2.26 bits per heavy atom. The fourth-order valence-corrected chi connectivity index (χ4v) is 2.80. The Morgan fingerprint density at radius 1 is 1.04 bits per heavy atom. The van der Waals surface area contributed by atoms with Crippen LogP contribution < -0.4 is 10.2 Å². The highest BCUT2D eigenvalue weighted by atomic mass is 35.5. The molecule has 1 aliphatic heterocycles. The highest BCUT2D eigenvalue weighted by Gasteiger charge is 2.37. The Hall–Kier alpha value is -1.57. The Morgan fingerprint density at radius 2 is 1.70 bits per heavy atom. The first-order valence-electron chi connectivity index (χ1n) is 6.96. The fourth-order valence-electron chi connectivity index (χ4n) is 2.33. The van der Waals surface area contributed by atoms with E-state index in [1.54, 1.807) is 0 Å². The number of hydrogen-bond acceptors (Lipinski definition) is 5. The first kappa shape index (κ1) is 16.3. The van der Waals surface area contributed by atoms with Gasteiger partial charge in [-0.25, -0.2) is 15.0 Å². The van der Waals surface area contributed by atoms with Gasteiger partial charge in [-0.1, -0.05) is 23.2 Å². The number of hydrogen-bond donors (Lipinski definition) is 1. The molecule has 3 rings (SSSR count). The molecule has 0 atom stereocenters. The van der Waals surface area contributed by atoms with Crippen LogP contribution >= 0.6 is 23.2 Å². The first-order valence-corrected chi connectivity index (χ1v) is 7.72. The number of nitrogens with one attached hydrogen (secondary N) is 1. The highest BCUT2D eigenvalue weighted by Crippen LogP contribution is 2.36. The minimum Gasteiger partial charge on any atom is -0.353 e. The molecule has 2 aromatic rings. The van der Waals surface area contributed by atoms with Gasteiger partial charge in [0.25, 0.3) is 0 Å². The molecule has 0 aliphatic carbocycles. The lowest BCUT2D eigenvalue weighted by Gasteiger charge is -2.28. The summed E-state index contributed by atoms with van der Waals surface area (Å²) in [6.45, 7) is 3.18. The number of piperazine rings is 1. The van der Waals surface area contributed by atoms with Crippen LogP contribution in [0.15, 0.2) is 24.5 Å². The monoisotopic (exact) mass is 359 g/mol. The van der Waals surface area contributed by atoms with Gasteiger partial charge in [-0.15, -0.1) is 0 Å². The molecule has 0 radical (unpaired) electrons. The number of anilines is 1. The molecule has 122 valence electrons. The molecule has 2 aromatic heterocycles. The Kier molecular flexibility index (Phi) is 4.61. The average molecular weight is 360 g/mol. The summed E-state index contributed by atoms with van der Waals surface area (Å²) >= 11 is 11.4. The van der Waals surface area contributed by atoms with Crippen molar-refractivity contribution in [3.8, 4) is 0 Å². The molecule has 0 saturated carbocycles. The topological polar surface area (TPSA) is 53.9 Å². The van der Waals surface area contributed by atoms with Crippen molar-refractivity contribution in [2.24, 2.45) is 0 Å². The van der Waals surface area contributed by atoms with E-state index in [-0.39, 0.29) is 15.9 Å². The van der Waals surface area contributed by atoms with E-state index in [4.69, 9.17) is 23.2 Å². The third-order valence-electron chi connectivity index (χ3n) is 3.53. The van der Waals surface area contributed by atoms with Crippen molar-refractivity contribution in [3.05, 3.63) is 46.1 Å². The average Bonchev–Trinajstić information content (AvgIpc) is 2.55. The van der Waals surface area contributed by atoms with Crippen LogP contribution in [0.25, 0.3) is 0 Å². The lowest BCUT2D eigenvalue weighted by atomic mass is 10.1. The summed E-state index contributed by atoms with van der Waals surface area (Å²) in [5.74, 6) is -2.78. The third-order valence-corrected chi connectivity index (χ3v) is 3.91. The van der Waals surface area contributed by atoms with Gasteiger partial charge in [0.2, 0.25) is 0 Å². The molecule has 1 aliphatic rings. The standard InChI is InChI=1S/C14H13Cl2F2N5/c15-11-5-9(6-12(16)22-11)14(17,18)10-7-21-13(8-20-10)23-3-1-19-2-4-23/h5-8,19H,1-4H2. The third kappa shape index (κ3) is 3.52. The Labute approximate surface area is 141 Å². The lowest BCUT2D eigenvalue weighted by molar-refractivity contribution is 0.0375. The molecule has 0 amide bonds. The number of rotatable bonds is 3. The maximum Gasteiger partial charge on any atom is 0.316 e. The summed E-state index contributed by atoms with van der Waals surface area (Å²) in [4.78, 5) is 13.7. The number of alkyl halides is 2.